The molecule has 6 nitrogen and oxygen atoms in total. The van der Waals surface area contributed by atoms with Crippen LogP contribution < -0.4 is 0 Å². The highest BCUT2D eigenvalue weighted by Gasteiger charge is 2.56. The topological polar surface area (TPSA) is 67.6 Å². The van der Waals surface area contributed by atoms with E-state index in [0.717, 1.165) is 25.0 Å². The molecular formula is C19H31N3O3. The molecule has 1 amide bonds. The van der Waals surface area contributed by atoms with E-state index in [2.05, 4.69) is 25.9 Å². The number of carbonyl (C=O) groups excluding carboxylic acids is 1. The first-order valence-corrected chi connectivity index (χ1v) is 9.35. The highest BCUT2D eigenvalue weighted by atomic mass is 16.5. The molecule has 1 aliphatic heterocycles. The lowest BCUT2D eigenvalue weighted by Gasteiger charge is -2.56. The van der Waals surface area contributed by atoms with Gasteiger partial charge in [0.15, 0.2) is 5.69 Å². The Kier molecular flexibility index (Phi) is 4.71. The van der Waals surface area contributed by atoms with Crippen LogP contribution in [-0.4, -0.2) is 57.6 Å². The molecule has 1 N–H and O–H groups in total. The van der Waals surface area contributed by atoms with Crippen LogP contribution in [0.3, 0.4) is 0 Å². The number of aryl methyl sites for hydroxylation is 1. The lowest BCUT2D eigenvalue weighted by atomic mass is 9.58. The summed E-state index contributed by atoms with van der Waals surface area (Å²) in [6, 6.07) is 1.87. The molecular weight excluding hydrogens is 318 g/mol. The van der Waals surface area contributed by atoms with E-state index in [-0.39, 0.29) is 29.1 Å². The molecule has 2 aliphatic rings. The molecule has 6 heteroatoms. The second kappa shape index (κ2) is 6.40. The molecule has 3 rings (SSSR count). The van der Waals surface area contributed by atoms with Gasteiger partial charge in [0.1, 0.15) is 0 Å². The number of hydrogen-bond donors (Lipinski definition) is 1. The lowest BCUT2D eigenvalue weighted by Crippen LogP contribution is -2.62. The Morgan fingerprint density at radius 2 is 2.04 bits per heavy atom. The molecule has 2 heterocycles. The summed E-state index contributed by atoms with van der Waals surface area (Å²) < 4.78 is 7.71. The minimum Gasteiger partial charge on any atom is -0.392 e. The third kappa shape index (κ3) is 3.10. The van der Waals surface area contributed by atoms with Crippen molar-refractivity contribution >= 4 is 5.91 Å². The summed E-state index contributed by atoms with van der Waals surface area (Å²) in [4.78, 5) is 14.7. The van der Waals surface area contributed by atoms with Crippen molar-refractivity contribution in [2.45, 2.75) is 71.6 Å². The molecule has 25 heavy (non-hydrogen) atoms. The first-order valence-electron chi connectivity index (χ1n) is 9.35. The summed E-state index contributed by atoms with van der Waals surface area (Å²) in [6.07, 6.45) is 2.14. The summed E-state index contributed by atoms with van der Waals surface area (Å²) in [7, 11) is 0. The van der Waals surface area contributed by atoms with Crippen molar-refractivity contribution in [3.05, 3.63) is 17.5 Å². The SMILES string of the molecule is CCOC1CC(O)C12CCN(C(=O)c1cc(C)n(C(C)(C)C)n1)CC2. The van der Waals surface area contributed by atoms with Crippen molar-refractivity contribution in [3.8, 4) is 0 Å². The number of carbonyl (C=O) groups is 1. The first-order chi connectivity index (χ1) is 11.7. The summed E-state index contributed by atoms with van der Waals surface area (Å²) in [6.45, 7) is 12.2. The van der Waals surface area contributed by atoms with E-state index in [4.69, 9.17) is 4.74 Å². The number of piperidine rings is 1. The Balaban J connectivity index is 1.68. The second-order valence-electron chi connectivity index (χ2n) is 8.47. The van der Waals surface area contributed by atoms with Gasteiger partial charge in [-0.2, -0.15) is 5.10 Å². The van der Waals surface area contributed by atoms with Gasteiger partial charge >= 0.3 is 0 Å². The van der Waals surface area contributed by atoms with Crippen LogP contribution in [0.4, 0.5) is 0 Å². The zero-order valence-corrected chi connectivity index (χ0v) is 16.1. The van der Waals surface area contributed by atoms with E-state index >= 15 is 0 Å². The molecule has 0 radical (unpaired) electrons. The van der Waals surface area contributed by atoms with Crippen LogP contribution in [0.5, 0.6) is 0 Å². The second-order valence-corrected chi connectivity index (χ2v) is 8.47. The predicted octanol–water partition coefficient (Wildman–Crippen LogP) is 2.34. The Labute approximate surface area is 150 Å². The Morgan fingerprint density at radius 3 is 2.52 bits per heavy atom. The van der Waals surface area contributed by atoms with E-state index in [1.54, 1.807) is 0 Å². The fourth-order valence-corrected chi connectivity index (χ4v) is 4.36. The van der Waals surface area contributed by atoms with E-state index < -0.39 is 0 Å². The maximum atomic E-state index is 12.9. The van der Waals surface area contributed by atoms with Gasteiger partial charge in [-0.1, -0.05) is 0 Å². The van der Waals surface area contributed by atoms with E-state index in [1.807, 2.05) is 29.5 Å². The molecule has 2 atom stereocenters. The number of rotatable bonds is 3. The van der Waals surface area contributed by atoms with E-state index in [9.17, 15) is 9.90 Å². The number of aliphatic hydroxyl groups is 1. The van der Waals surface area contributed by atoms with Crippen molar-refractivity contribution in [1.82, 2.24) is 14.7 Å². The van der Waals surface area contributed by atoms with Gasteiger partial charge in [0, 0.05) is 37.2 Å². The summed E-state index contributed by atoms with van der Waals surface area (Å²) in [5.74, 6) is -0.0114. The maximum Gasteiger partial charge on any atom is 0.274 e. The van der Waals surface area contributed by atoms with Crippen LogP contribution in [-0.2, 0) is 10.3 Å². The average molecular weight is 349 g/mol. The zero-order valence-electron chi connectivity index (χ0n) is 16.1. The molecule has 1 spiro atoms. The predicted molar refractivity (Wildman–Crippen MR) is 95.6 cm³/mol. The number of amides is 1. The first kappa shape index (κ1) is 18.4. The minimum absolute atomic E-state index is 0.0114. The van der Waals surface area contributed by atoms with Crippen molar-refractivity contribution in [3.63, 3.8) is 0 Å². The molecule has 1 aliphatic carbocycles. The number of aliphatic hydroxyl groups excluding tert-OH is 1. The normalized spacial score (nSPS) is 25.9. The third-order valence-corrected chi connectivity index (χ3v) is 5.83. The standard InChI is InChI=1S/C19H31N3O3/c1-6-25-16-12-15(23)19(16)7-9-21(10-8-19)17(24)14-11-13(2)22(20-14)18(3,4)5/h11,15-16,23H,6-10,12H2,1-5H3. The molecule has 1 saturated carbocycles. The van der Waals surface area contributed by atoms with Crippen molar-refractivity contribution in [1.29, 1.82) is 0 Å². The zero-order chi connectivity index (χ0) is 18.4. The maximum absolute atomic E-state index is 12.9. The van der Waals surface area contributed by atoms with Crippen LogP contribution in [0.1, 0.15) is 63.1 Å². The number of nitrogens with zero attached hydrogens (tertiary/aromatic N) is 3. The number of aromatic nitrogens is 2. The van der Waals surface area contributed by atoms with Crippen LogP contribution >= 0.6 is 0 Å². The van der Waals surface area contributed by atoms with Gasteiger partial charge in [-0.05, 0) is 53.5 Å². The van der Waals surface area contributed by atoms with Gasteiger partial charge in [0.05, 0.1) is 17.7 Å². The summed E-state index contributed by atoms with van der Waals surface area (Å²) >= 11 is 0. The molecule has 0 bridgehead atoms. The van der Waals surface area contributed by atoms with Gasteiger partial charge in [0.25, 0.3) is 5.91 Å². The van der Waals surface area contributed by atoms with Crippen LogP contribution in [0.2, 0.25) is 0 Å². The van der Waals surface area contributed by atoms with Gasteiger partial charge in [0.2, 0.25) is 0 Å². The van der Waals surface area contributed by atoms with Gasteiger partial charge < -0.3 is 14.7 Å². The van der Waals surface area contributed by atoms with E-state index in [0.29, 0.717) is 25.4 Å². The number of hydrogen-bond acceptors (Lipinski definition) is 4. The van der Waals surface area contributed by atoms with E-state index in [1.165, 1.54) is 0 Å². The fourth-order valence-electron chi connectivity index (χ4n) is 4.36. The monoisotopic (exact) mass is 349 g/mol. The van der Waals surface area contributed by atoms with Crippen molar-refractivity contribution in [2.75, 3.05) is 19.7 Å². The highest BCUT2D eigenvalue weighted by Crippen LogP contribution is 2.51. The van der Waals surface area contributed by atoms with Crippen LogP contribution in [0.25, 0.3) is 0 Å². The largest absolute Gasteiger partial charge is 0.392 e. The quantitative estimate of drug-likeness (QED) is 0.909. The molecule has 1 aromatic rings. The highest BCUT2D eigenvalue weighted by molar-refractivity contribution is 5.92. The van der Waals surface area contributed by atoms with Gasteiger partial charge in [-0.15, -0.1) is 0 Å². The minimum atomic E-state index is -0.302. The molecule has 1 saturated heterocycles. The Hall–Kier alpha value is -1.40. The molecule has 140 valence electrons. The summed E-state index contributed by atoms with van der Waals surface area (Å²) in [5.41, 5.74) is 1.21. The van der Waals surface area contributed by atoms with Gasteiger partial charge in [-0.3, -0.25) is 9.48 Å². The smallest absolute Gasteiger partial charge is 0.274 e. The molecule has 0 aromatic carbocycles. The number of likely N-dealkylation sites (tertiary alicyclic amines) is 1. The molecule has 2 unspecified atom stereocenters. The molecule has 1 aromatic heterocycles. The average Bonchev–Trinajstić information content (AvgIpc) is 2.96. The Bertz CT molecular complexity index is 637. The van der Waals surface area contributed by atoms with Crippen molar-refractivity contribution in [2.24, 2.45) is 5.41 Å². The molecule has 2 fully saturated rings. The van der Waals surface area contributed by atoms with Crippen molar-refractivity contribution < 1.29 is 14.6 Å². The lowest BCUT2D eigenvalue weighted by molar-refractivity contribution is -0.207. The fraction of sp³-hybridized carbons (Fsp3) is 0.789. The summed E-state index contributed by atoms with van der Waals surface area (Å²) in [5, 5.41) is 14.8. The third-order valence-electron chi connectivity index (χ3n) is 5.83. The van der Waals surface area contributed by atoms with Gasteiger partial charge in [-0.25, -0.2) is 0 Å². The number of ether oxygens (including phenoxy) is 1. The van der Waals surface area contributed by atoms with Crippen LogP contribution in [0.15, 0.2) is 6.07 Å². The Morgan fingerprint density at radius 1 is 1.40 bits per heavy atom. The van der Waals surface area contributed by atoms with Crippen LogP contribution in [0, 0.1) is 12.3 Å².